The van der Waals surface area contributed by atoms with E-state index in [2.05, 4.69) is 0 Å². The molecule has 1 aliphatic carbocycles. The molecule has 1 saturated heterocycles. The number of Topliss-reactive ketones (excluding diaryl/α,β-unsaturated/α-hetero) is 1. The molecule has 0 radical (unpaired) electrons. The molecule has 0 bridgehead atoms. The fourth-order valence-corrected chi connectivity index (χ4v) is 2.42. The van der Waals surface area contributed by atoms with Gasteiger partial charge in [-0.05, 0) is 32.3 Å². The van der Waals surface area contributed by atoms with Crippen LogP contribution >= 0.6 is 0 Å². The maximum Gasteiger partial charge on any atom is 0.334 e. The number of esters is 1. The summed E-state index contributed by atoms with van der Waals surface area (Å²) in [5.74, 6) is -0.128. The monoisotopic (exact) mass is 224 g/mol. The van der Waals surface area contributed by atoms with Gasteiger partial charge in [-0.3, -0.25) is 0 Å². The molecule has 2 aliphatic rings. The predicted molar refractivity (Wildman–Crippen MR) is 56.6 cm³/mol. The van der Waals surface area contributed by atoms with Crippen LogP contribution in [0.1, 0.15) is 32.6 Å². The van der Waals surface area contributed by atoms with Crippen molar-refractivity contribution in [3.8, 4) is 0 Å². The van der Waals surface area contributed by atoms with Crippen LogP contribution in [0.4, 0.5) is 0 Å². The summed E-state index contributed by atoms with van der Waals surface area (Å²) < 4.78 is 5.24. The Hall–Kier alpha value is -1.16. The Balaban J connectivity index is 2.06. The Morgan fingerprint density at radius 2 is 2.31 bits per heavy atom. The van der Waals surface area contributed by atoms with Crippen molar-refractivity contribution in [1.29, 1.82) is 0 Å². The molecule has 0 saturated carbocycles. The number of hydrogen-bond acceptors (Lipinski definition) is 4. The van der Waals surface area contributed by atoms with Gasteiger partial charge >= 0.3 is 5.97 Å². The van der Waals surface area contributed by atoms with Gasteiger partial charge in [0.15, 0.2) is 0 Å². The van der Waals surface area contributed by atoms with Crippen LogP contribution in [0, 0.1) is 5.92 Å². The molecule has 4 heteroatoms. The van der Waals surface area contributed by atoms with Crippen molar-refractivity contribution in [1.82, 2.24) is 0 Å². The fraction of sp³-hybridized carbons (Fsp3) is 0.667. The van der Waals surface area contributed by atoms with Crippen LogP contribution in [0.3, 0.4) is 0 Å². The number of ether oxygens (including phenoxy) is 1. The van der Waals surface area contributed by atoms with Gasteiger partial charge in [0.2, 0.25) is 0 Å². The zero-order valence-electron chi connectivity index (χ0n) is 9.31. The molecule has 0 spiro atoms. The topological polar surface area (TPSA) is 63.6 Å². The molecule has 88 valence electrons. The first kappa shape index (κ1) is 11.3. The second-order valence-corrected chi connectivity index (χ2v) is 4.56. The third kappa shape index (κ3) is 2.16. The fourth-order valence-electron chi connectivity index (χ4n) is 2.42. The maximum absolute atomic E-state index is 11.5. The van der Waals surface area contributed by atoms with E-state index >= 15 is 0 Å². The number of carbonyl (C=O) groups is 2. The molecule has 1 aliphatic heterocycles. The molecule has 0 aromatic heterocycles. The molecule has 0 unspecified atom stereocenters. The van der Waals surface area contributed by atoms with E-state index in [-0.39, 0.29) is 23.8 Å². The lowest BCUT2D eigenvalue weighted by molar-refractivity contribution is -0.140. The number of aliphatic hydroxyl groups is 1. The van der Waals surface area contributed by atoms with Gasteiger partial charge in [0.1, 0.15) is 11.9 Å². The molecule has 0 aromatic rings. The Labute approximate surface area is 94.3 Å². The van der Waals surface area contributed by atoms with Gasteiger partial charge in [-0.2, -0.15) is 0 Å². The van der Waals surface area contributed by atoms with Crippen molar-refractivity contribution < 1.29 is 19.4 Å². The van der Waals surface area contributed by atoms with Crippen molar-refractivity contribution in [3.05, 3.63) is 11.6 Å². The molecule has 0 aromatic carbocycles. The van der Waals surface area contributed by atoms with E-state index in [1.165, 1.54) is 6.92 Å². The van der Waals surface area contributed by atoms with E-state index in [4.69, 9.17) is 4.74 Å². The average molecular weight is 224 g/mol. The molecule has 1 heterocycles. The van der Waals surface area contributed by atoms with E-state index in [9.17, 15) is 14.7 Å². The van der Waals surface area contributed by atoms with Crippen LogP contribution in [0.25, 0.3) is 0 Å². The van der Waals surface area contributed by atoms with Crippen LogP contribution in [0.5, 0.6) is 0 Å². The highest BCUT2D eigenvalue weighted by Crippen LogP contribution is 2.37. The van der Waals surface area contributed by atoms with Crippen LogP contribution in [0.2, 0.25) is 0 Å². The molecule has 4 nitrogen and oxygen atoms in total. The van der Waals surface area contributed by atoms with E-state index in [0.29, 0.717) is 24.8 Å². The molecular formula is C12H16O4. The predicted octanol–water partition coefficient (Wildman–Crippen LogP) is 0.978. The lowest BCUT2D eigenvalue weighted by Crippen LogP contribution is -2.23. The standard InChI is InChI=1S/C12H16O4/c1-7(13)2-5-11-9-4-3-8(14)6-10(9)12(15)16-11/h6,8-9,11,14H,2-5H2,1H3/t8-,9+,11-/m0/s1. The molecule has 1 fully saturated rings. The molecule has 1 N–H and O–H groups in total. The number of ketones is 1. The summed E-state index contributed by atoms with van der Waals surface area (Å²) in [4.78, 5) is 22.4. The Kier molecular flexibility index (Phi) is 3.10. The van der Waals surface area contributed by atoms with Crippen molar-refractivity contribution in [2.45, 2.75) is 44.8 Å². The van der Waals surface area contributed by atoms with Crippen molar-refractivity contribution in [3.63, 3.8) is 0 Å². The maximum atomic E-state index is 11.5. The summed E-state index contributed by atoms with van der Waals surface area (Å²) in [5, 5.41) is 9.44. The lowest BCUT2D eigenvalue weighted by Gasteiger charge is -2.22. The SMILES string of the molecule is CC(=O)CC[C@@H]1OC(=O)C2=C[C@@H](O)CC[C@H]21. The smallest absolute Gasteiger partial charge is 0.334 e. The molecule has 2 rings (SSSR count). The first-order chi connectivity index (χ1) is 7.58. The summed E-state index contributed by atoms with van der Waals surface area (Å²) in [6.45, 7) is 1.54. The van der Waals surface area contributed by atoms with Gasteiger partial charge in [-0.25, -0.2) is 4.79 Å². The van der Waals surface area contributed by atoms with Gasteiger partial charge < -0.3 is 14.6 Å². The summed E-state index contributed by atoms with van der Waals surface area (Å²) in [5.41, 5.74) is 0.604. The van der Waals surface area contributed by atoms with Gasteiger partial charge in [-0.1, -0.05) is 0 Å². The normalized spacial score (nSPS) is 33.0. The second kappa shape index (κ2) is 4.37. The summed E-state index contributed by atoms with van der Waals surface area (Å²) in [7, 11) is 0. The molecular weight excluding hydrogens is 208 g/mol. The van der Waals surface area contributed by atoms with Crippen molar-refractivity contribution in [2.75, 3.05) is 0 Å². The minimum Gasteiger partial charge on any atom is -0.458 e. The second-order valence-electron chi connectivity index (χ2n) is 4.56. The first-order valence-corrected chi connectivity index (χ1v) is 5.68. The first-order valence-electron chi connectivity index (χ1n) is 5.68. The van der Waals surface area contributed by atoms with Crippen LogP contribution in [-0.2, 0) is 14.3 Å². The van der Waals surface area contributed by atoms with E-state index in [1.807, 2.05) is 0 Å². The quantitative estimate of drug-likeness (QED) is 0.726. The Morgan fingerprint density at radius 3 is 3.00 bits per heavy atom. The Morgan fingerprint density at radius 1 is 1.56 bits per heavy atom. The van der Waals surface area contributed by atoms with E-state index in [1.54, 1.807) is 6.08 Å². The molecule has 3 atom stereocenters. The minimum absolute atomic E-state index is 0.0789. The number of hydrogen-bond donors (Lipinski definition) is 1. The minimum atomic E-state index is -0.523. The third-order valence-corrected chi connectivity index (χ3v) is 3.27. The van der Waals surface area contributed by atoms with Crippen molar-refractivity contribution >= 4 is 11.8 Å². The largest absolute Gasteiger partial charge is 0.458 e. The molecule has 0 amide bonds. The van der Waals surface area contributed by atoms with E-state index in [0.717, 1.165) is 6.42 Å². The third-order valence-electron chi connectivity index (χ3n) is 3.27. The highest BCUT2D eigenvalue weighted by Gasteiger charge is 2.41. The van der Waals surface area contributed by atoms with Crippen LogP contribution in [-0.4, -0.2) is 29.1 Å². The van der Waals surface area contributed by atoms with Crippen LogP contribution < -0.4 is 0 Å². The number of aliphatic hydroxyl groups excluding tert-OH is 1. The van der Waals surface area contributed by atoms with Crippen molar-refractivity contribution in [2.24, 2.45) is 5.92 Å². The number of rotatable bonds is 3. The molecule has 16 heavy (non-hydrogen) atoms. The highest BCUT2D eigenvalue weighted by molar-refractivity contribution is 5.91. The number of carbonyl (C=O) groups excluding carboxylic acids is 2. The number of fused-ring (bicyclic) bond motifs is 1. The zero-order valence-corrected chi connectivity index (χ0v) is 9.31. The van der Waals surface area contributed by atoms with Gasteiger partial charge in [0.25, 0.3) is 0 Å². The Bertz CT molecular complexity index is 345. The van der Waals surface area contributed by atoms with Gasteiger partial charge in [0, 0.05) is 17.9 Å². The summed E-state index contributed by atoms with van der Waals surface area (Å²) in [6.07, 6.45) is 3.39. The van der Waals surface area contributed by atoms with E-state index < -0.39 is 6.10 Å². The number of cyclic esters (lactones) is 1. The highest BCUT2D eigenvalue weighted by atomic mass is 16.6. The lowest BCUT2D eigenvalue weighted by atomic mass is 9.83. The average Bonchev–Trinajstić information content (AvgIpc) is 2.53. The zero-order chi connectivity index (χ0) is 11.7. The van der Waals surface area contributed by atoms with Crippen LogP contribution in [0.15, 0.2) is 11.6 Å². The summed E-state index contributed by atoms with van der Waals surface area (Å²) >= 11 is 0. The summed E-state index contributed by atoms with van der Waals surface area (Å²) in [6, 6.07) is 0. The van der Waals surface area contributed by atoms with Gasteiger partial charge in [0.05, 0.1) is 6.10 Å². The van der Waals surface area contributed by atoms with Gasteiger partial charge in [-0.15, -0.1) is 0 Å².